The zero-order valence-corrected chi connectivity index (χ0v) is 17.9. The van der Waals surface area contributed by atoms with Crippen LogP contribution in [0.3, 0.4) is 0 Å². The number of amides is 1. The molecule has 0 radical (unpaired) electrons. The van der Waals surface area contributed by atoms with E-state index in [-0.39, 0.29) is 5.91 Å². The quantitative estimate of drug-likeness (QED) is 0.322. The molecule has 5 heteroatoms. The van der Waals surface area contributed by atoms with E-state index in [1.54, 1.807) is 0 Å². The van der Waals surface area contributed by atoms with Gasteiger partial charge in [-0.05, 0) is 53.1 Å². The van der Waals surface area contributed by atoms with Gasteiger partial charge in [-0.3, -0.25) is 9.89 Å². The van der Waals surface area contributed by atoms with Crippen LogP contribution in [0.25, 0.3) is 43.8 Å². The number of benzene rings is 4. The van der Waals surface area contributed by atoms with E-state index in [4.69, 9.17) is 0 Å². The lowest BCUT2D eigenvalue weighted by Gasteiger charge is -2.06. The molecule has 4 aromatic carbocycles. The van der Waals surface area contributed by atoms with Gasteiger partial charge in [0.25, 0.3) is 5.91 Å². The smallest absolute Gasteiger partial charge is 0.251 e. The van der Waals surface area contributed by atoms with E-state index in [1.807, 2.05) is 48.7 Å². The average Bonchev–Trinajstić information content (AvgIpc) is 3.47. The fraction of sp³-hybridized carbons (Fsp3) is 0.0714. The second kappa shape index (κ2) is 7.95. The van der Waals surface area contributed by atoms with E-state index in [0.717, 1.165) is 39.5 Å². The number of hydrogen-bond donors (Lipinski definition) is 3. The third kappa shape index (κ3) is 3.53. The van der Waals surface area contributed by atoms with Crippen molar-refractivity contribution < 1.29 is 4.79 Å². The minimum Gasteiger partial charge on any atom is -0.361 e. The van der Waals surface area contributed by atoms with Crippen LogP contribution in [0.5, 0.6) is 0 Å². The van der Waals surface area contributed by atoms with Crippen molar-refractivity contribution in [3.05, 3.63) is 102 Å². The number of nitrogens with one attached hydrogen (secondary N) is 3. The standard InChI is InChI=1S/C28H22N4O/c33-28(29-14-13-22-17-30-25-8-4-3-7-23(22)25)21-11-12-26-24(16-21)27(32-31-26)20-10-9-18-5-1-2-6-19(18)15-20/h1-12,15-17,30H,13-14H2,(H,29,33)(H,31,32). The van der Waals surface area contributed by atoms with Gasteiger partial charge in [0.05, 0.1) is 11.2 Å². The number of carbonyl (C=O) groups excluding carboxylic acids is 1. The Morgan fingerprint density at radius 2 is 1.67 bits per heavy atom. The van der Waals surface area contributed by atoms with Crippen molar-refractivity contribution in [3.8, 4) is 11.3 Å². The van der Waals surface area contributed by atoms with E-state index >= 15 is 0 Å². The number of carbonyl (C=O) groups is 1. The third-order valence-corrected chi connectivity index (χ3v) is 6.20. The molecule has 0 bridgehead atoms. The van der Waals surface area contributed by atoms with Gasteiger partial charge in [0, 0.05) is 40.2 Å². The van der Waals surface area contributed by atoms with E-state index < -0.39 is 0 Å². The van der Waals surface area contributed by atoms with Gasteiger partial charge in [0.1, 0.15) is 0 Å². The first-order chi connectivity index (χ1) is 16.3. The van der Waals surface area contributed by atoms with Crippen LogP contribution in [0.2, 0.25) is 0 Å². The normalized spacial score (nSPS) is 11.4. The molecular weight excluding hydrogens is 408 g/mol. The van der Waals surface area contributed by atoms with Crippen LogP contribution < -0.4 is 5.32 Å². The molecule has 6 rings (SSSR count). The maximum Gasteiger partial charge on any atom is 0.251 e. The van der Waals surface area contributed by atoms with Crippen molar-refractivity contribution in [1.82, 2.24) is 20.5 Å². The maximum absolute atomic E-state index is 12.9. The number of fused-ring (bicyclic) bond motifs is 3. The Hall–Kier alpha value is -4.38. The largest absolute Gasteiger partial charge is 0.361 e. The topological polar surface area (TPSA) is 73.6 Å². The highest BCUT2D eigenvalue weighted by atomic mass is 16.1. The minimum absolute atomic E-state index is 0.0811. The lowest BCUT2D eigenvalue weighted by molar-refractivity contribution is 0.0954. The zero-order chi connectivity index (χ0) is 22.2. The van der Waals surface area contributed by atoms with Crippen molar-refractivity contribution in [1.29, 1.82) is 0 Å². The summed E-state index contributed by atoms with van der Waals surface area (Å²) in [6, 6.07) is 28.5. The van der Waals surface area contributed by atoms with E-state index in [9.17, 15) is 4.79 Å². The van der Waals surface area contributed by atoms with Gasteiger partial charge in [0.15, 0.2) is 0 Å². The monoisotopic (exact) mass is 430 g/mol. The predicted molar refractivity (Wildman–Crippen MR) is 133 cm³/mol. The maximum atomic E-state index is 12.9. The summed E-state index contributed by atoms with van der Waals surface area (Å²) in [5.41, 5.74) is 5.74. The third-order valence-electron chi connectivity index (χ3n) is 6.20. The summed E-state index contributed by atoms with van der Waals surface area (Å²) >= 11 is 0. The molecule has 0 spiro atoms. The Morgan fingerprint density at radius 3 is 2.61 bits per heavy atom. The van der Waals surface area contributed by atoms with Crippen molar-refractivity contribution in [2.75, 3.05) is 6.54 Å². The van der Waals surface area contributed by atoms with Crippen LogP contribution in [-0.4, -0.2) is 27.6 Å². The highest BCUT2D eigenvalue weighted by Gasteiger charge is 2.13. The van der Waals surface area contributed by atoms with Gasteiger partial charge >= 0.3 is 0 Å². The number of H-pyrrole nitrogens is 2. The van der Waals surface area contributed by atoms with Gasteiger partial charge in [-0.25, -0.2) is 0 Å². The summed E-state index contributed by atoms with van der Waals surface area (Å²) < 4.78 is 0. The van der Waals surface area contributed by atoms with Crippen molar-refractivity contribution in [2.45, 2.75) is 6.42 Å². The number of rotatable bonds is 5. The van der Waals surface area contributed by atoms with Gasteiger partial charge < -0.3 is 10.3 Å². The van der Waals surface area contributed by atoms with Crippen LogP contribution in [-0.2, 0) is 6.42 Å². The van der Waals surface area contributed by atoms with Crippen molar-refractivity contribution >= 4 is 38.5 Å². The average molecular weight is 431 g/mol. The summed E-state index contributed by atoms with van der Waals surface area (Å²) in [5, 5.41) is 15.2. The molecule has 6 aromatic rings. The molecule has 5 nitrogen and oxygen atoms in total. The minimum atomic E-state index is -0.0811. The molecular formula is C28H22N4O. The number of aromatic nitrogens is 3. The summed E-state index contributed by atoms with van der Waals surface area (Å²) in [7, 11) is 0. The molecule has 3 N–H and O–H groups in total. The molecule has 0 saturated heterocycles. The van der Waals surface area contributed by atoms with E-state index in [2.05, 4.69) is 63.0 Å². The molecule has 0 aliphatic carbocycles. The van der Waals surface area contributed by atoms with Crippen molar-refractivity contribution in [2.24, 2.45) is 0 Å². The molecule has 0 aliphatic heterocycles. The summed E-state index contributed by atoms with van der Waals surface area (Å²) in [6.45, 7) is 0.571. The second-order valence-corrected chi connectivity index (χ2v) is 8.26. The van der Waals surface area contributed by atoms with Crippen molar-refractivity contribution in [3.63, 3.8) is 0 Å². The number of nitrogens with zero attached hydrogens (tertiary/aromatic N) is 1. The fourth-order valence-corrected chi connectivity index (χ4v) is 4.46. The molecule has 2 heterocycles. The molecule has 1 amide bonds. The van der Waals surface area contributed by atoms with Crippen LogP contribution >= 0.6 is 0 Å². The van der Waals surface area contributed by atoms with E-state index in [1.165, 1.54) is 16.3 Å². The summed E-state index contributed by atoms with van der Waals surface area (Å²) in [4.78, 5) is 16.2. The molecule has 0 unspecified atom stereocenters. The van der Waals surface area contributed by atoms with E-state index in [0.29, 0.717) is 12.1 Å². The van der Waals surface area contributed by atoms with Gasteiger partial charge in [-0.15, -0.1) is 0 Å². The number of para-hydroxylation sites is 1. The number of aromatic amines is 2. The van der Waals surface area contributed by atoms with Crippen LogP contribution in [0.1, 0.15) is 15.9 Å². The Kier molecular flexibility index (Phi) is 4.65. The summed E-state index contributed by atoms with van der Waals surface area (Å²) in [6.07, 6.45) is 2.79. The highest BCUT2D eigenvalue weighted by Crippen LogP contribution is 2.29. The second-order valence-electron chi connectivity index (χ2n) is 8.26. The number of hydrogen-bond acceptors (Lipinski definition) is 2. The molecule has 0 fully saturated rings. The molecule has 0 aliphatic rings. The Labute approximate surface area is 190 Å². The first-order valence-electron chi connectivity index (χ1n) is 11.1. The highest BCUT2D eigenvalue weighted by molar-refractivity contribution is 6.02. The Balaban J connectivity index is 1.23. The zero-order valence-electron chi connectivity index (χ0n) is 17.9. The Morgan fingerprint density at radius 1 is 0.818 bits per heavy atom. The fourth-order valence-electron chi connectivity index (χ4n) is 4.46. The van der Waals surface area contributed by atoms with Gasteiger partial charge in [-0.1, -0.05) is 54.6 Å². The van der Waals surface area contributed by atoms with Crippen LogP contribution in [0, 0.1) is 0 Å². The Bertz CT molecular complexity index is 1630. The van der Waals surface area contributed by atoms with Gasteiger partial charge in [0.2, 0.25) is 0 Å². The first-order valence-corrected chi connectivity index (χ1v) is 11.1. The summed E-state index contributed by atoms with van der Waals surface area (Å²) in [5.74, 6) is -0.0811. The van der Waals surface area contributed by atoms with Gasteiger partial charge in [-0.2, -0.15) is 5.10 Å². The molecule has 33 heavy (non-hydrogen) atoms. The van der Waals surface area contributed by atoms with Crippen LogP contribution in [0.15, 0.2) is 91.1 Å². The first kappa shape index (κ1) is 19.3. The molecule has 0 saturated carbocycles. The molecule has 160 valence electrons. The predicted octanol–water partition coefficient (Wildman–Crippen LogP) is 5.84. The molecule has 0 atom stereocenters. The molecule has 2 aromatic heterocycles. The van der Waals surface area contributed by atoms with Crippen LogP contribution in [0.4, 0.5) is 0 Å². The lowest BCUT2D eigenvalue weighted by Crippen LogP contribution is -2.25. The SMILES string of the molecule is O=C(NCCc1c[nH]c2ccccc12)c1ccc2[nH]nc(-c3ccc4ccccc4c3)c2c1. The lowest BCUT2D eigenvalue weighted by atomic mass is 10.0.